The van der Waals surface area contributed by atoms with Crippen LogP contribution in [0.25, 0.3) is 45.2 Å². The van der Waals surface area contributed by atoms with Gasteiger partial charge >= 0.3 is 0 Å². The van der Waals surface area contributed by atoms with Crippen LogP contribution >= 0.6 is 0 Å². The van der Waals surface area contributed by atoms with Crippen molar-refractivity contribution in [3.8, 4) is 16.9 Å². The molecule has 0 saturated carbocycles. The summed E-state index contributed by atoms with van der Waals surface area (Å²) in [7, 11) is 3.90. The summed E-state index contributed by atoms with van der Waals surface area (Å²) in [5, 5.41) is 2.31. The van der Waals surface area contributed by atoms with Gasteiger partial charge in [-0.15, -0.1) is 0 Å². The van der Waals surface area contributed by atoms with E-state index in [9.17, 15) is 0 Å². The van der Waals surface area contributed by atoms with E-state index in [1.165, 1.54) is 22.2 Å². The fourth-order valence-corrected chi connectivity index (χ4v) is 5.07. The Hall–Kier alpha value is -4.09. The summed E-state index contributed by atoms with van der Waals surface area (Å²) in [6, 6.07) is 25.7. The van der Waals surface area contributed by atoms with E-state index >= 15 is 0 Å². The molecular weight excluding hydrogens is 444 g/mol. The van der Waals surface area contributed by atoms with Crippen LogP contribution in [-0.2, 0) is 0 Å². The lowest BCUT2D eigenvalue weighted by atomic mass is 10.0. The van der Waals surface area contributed by atoms with Gasteiger partial charge in [0.1, 0.15) is 11.4 Å². The number of likely N-dealkylation sites (N-methyl/N-ethyl adjacent to an activating group) is 1. The van der Waals surface area contributed by atoms with Crippen molar-refractivity contribution in [3.05, 3.63) is 90.1 Å². The first kappa shape index (κ1) is 22.4. The molecule has 1 aliphatic heterocycles. The Bertz CT molecular complexity index is 1540. The molecule has 0 amide bonds. The zero-order chi connectivity index (χ0) is 24.5. The second kappa shape index (κ2) is 9.51. The summed E-state index contributed by atoms with van der Waals surface area (Å²) >= 11 is 0. The molecule has 0 radical (unpaired) electrons. The quantitative estimate of drug-likeness (QED) is 0.324. The average molecular weight is 475 g/mol. The molecule has 1 N–H and O–H groups in total. The summed E-state index contributed by atoms with van der Waals surface area (Å²) in [5.41, 5.74) is 7.89. The highest BCUT2D eigenvalue weighted by molar-refractivity contribution is 6.11. The van der Waals surface area contributed by atoms with E-state index in [1.807, 2.05) is 24.4 Å². The minimum absolute atomic E-state index is 0.861. The molecule has 2 aromatic heterocycles. The Morgan fingerprint density at radius 3 is 2.39 bits per heavy atom. The summed E-state index contributed by atoms with van der Waals surface area (Å²) in [5.74, 6) is 0.861. The van der Waals surface area contributed by atoms with Crippen LogP contribution in [0.1, 0.15) is 11.1 Å². The Balaban J connectivity index is 1.36. The van der Waals surface area contributed by atoms with Crippen molar-refractivity contribution in [1.82, 2.24) is 14.9 Å². The largest absolute Gasteiger partial charge is 0.496 e. The van der Waals surface area contributed by atoms with Gasteiger partial charge in [-0.05, 0) is 60.1 Å². The van der Waals surface area contributed by atoms with Gasteiger partial charge < -0.3 is 19.5 Å². The summed E-state index contributed by atoms with van der Waals surface area (Å²) in [4.78, 5) is 13.0. The van der Waals surface area contributed by atoms with Crippen LogP contribution in [0.4, 0.5) is 5.69 Å². The van der Waals surface area contributed by atoms with E-state index in [0.29, 0.717) is 0 Å². The maximum Gasteiger partial charge on any atom is 0.138 e. The van der Waals surface area contributed by atoms with Gasteiger partial charge in [0.05, 0.1) is 7.11 Å². The number of nitrogens with zero attached hydrogens (tertiary/aromatic N) is 3. The molecule has 1 aliphatic rings. The molecule has 0 bridgehead atoms. The number of para-hydroxylation sites is 1. The van der Waals surface area contributed by atoms with Crippen LogP contribution in [0.15, 0.2) is 79.0 Å². The Morgan fingerprint density at radius 1 is 0.833 bits per heavy atom. The zero-order valence-electron chi connectivity index (χ0n) is 20.7. The molecule has 5 aromatic rings. The van der Waals surface area contributed by atoms with Gasteiger partial charge in [0.15, 0.2) is 0 Å². The van der Waals surface area contributed by atoms with Gasteiger partial charge in [0.2, 0.25) is 0 Å². The van der Waals surface area contributed by atoms with Gasteiger partial charge in [0.25, 0.3) is 0 Å². The number of ether oxygens (including phenoxy) is 1. The molecular formula is C31H30N4O. The number of aromatic nitrogens is 2. The highest BCUT2D eigenvalue weighted by Crippen LogP contribution is 2.33. The maximum atomic E-state index is 5.52. The highest BCUT2D eigenvalue weighted by atomic mass is 16.5. The number of fused-ring (bicyclic) bond motifs is 3. The van der Waals surface area contributed by atoms with Gasteiger partial charge in [-0.2, -0.15) is 0 Å². The number of anilines is 1. The van der Waals surface area contributed by atoms with Crippen molar-refractivity contribution >= 4 is 39.8 Å². The molecule has 3 aromatic carbocycles. The number of nitrogens with one attached hydrogen (secondary N) is 1. The SMILES string of the molecule is COc1ccccc1/C=C/c1ccnc2[nH]c3ccc(-c4ccc(N5CCN(C)CC5)cc4)cc3c12. The lowest BCUT2D eigenvalue weighted by Gasteiger charge is -2.34. The molecule has 0 atom stereocenters. The van der Waals surface area contributed by atoms with Gasteiger partial charge in [0, 0.05) is 59.9 Å². The Labute approximate surface area is 211 Å². The van der Waals surface area contributed by atoms with Crippen molar-refractivity contribution in [2.45, 2.75) is 0 Å². The van der Waals surface area contributed by atoms with Crippen molar-refractivity contribution in [2.24, 2.45) is 0 Å². The zero-order valence-corrected chi connectivity index (χ0v) is 20.7. The summed E-state index contributed by atoms with van der Waals surface area (Å²) in [6.45, 7) is 4.38. The van der Waals surface area contributed by atoms with E-state index in [2.05, 4.69) is 93.6 Å². The molecule has 5 nitrogen and oxygen atoms in total. The highest BCUT2D eigenvalue weighted by Gasteiger charge is 2.15. The van der Waals surface area contributed by atoms with E-state index in [1.54, 1.807) is 7.11 Å². The number of rotatable bonds is 5. The molecule has 6 rings (SSSR count). The normalized spacial score (nSPS) is 14.8. The summed E-state index contributed by atoms with van der Waals surface area (Å²) in [6.07, 6.45) is 6.11. The first-order valence-electron chi connectivity index (χ1n) is 12.4. The van der Waals surface area contributed by atoms with Gasteiger partial charge in [-0.3, -0.25) is 0 Å². The monoisotopic (exact) mass is 474 g/mol. The van der Waals surface area contributed by atoms with E-state index in [4.69, 9.17) is 4.74 Å². The van der Waals surface area contributed by atoms with E-state index in [-0.39, 0.29) is 0 Å². The van der Waals surface area contributed by atoms with Crippen LogP contribution in [0, 0.1) is 0 Å². The lowest BCUT2D eigenvalue weighted by molar-refractivity contribution is 0.313. The number of piperazine rings is 1. The second-order valence-electron chi connectivity index (χ2n) is 9.42. The average Bonchev–Trinajstić information content (AvgIpc) is 3.31. The number of H-pyrrole nitrogens is 1. The maximum absolute atomic E-state index is 5.52. The smallest absolute Gasteiger partial charge is 0.138 e. The van der Waals surface area contributed by atoms with Crippen LogP contribution in [-0.4, -0.2) is 55.2 Å². The number of methoxy groups -OCH3 is 1. The number of hydrogen-bond acceptors (Lipinski definition) is 4. The van der Waals surface area contributed by atoms with E-state index in [0.717, 1.165) is 59.6 Å². The molecule has 0 spiro atoms. The summed E-state index contributed by atoms with van der Waals surface area (Å²) < 4.78 is 5.52. The van der Waals surface area contributed by atoms with Crippen LogP contribution in [0.3, 0.4) is 0 Å². The predicted octanol–water partition coefficient (Wildman–Crippen LogP) is 6.31. The standard InChI is InChI=1S/C31H30N4O/c1-34-17-19-35(20-18-34)26-12-9-22(10-13-26)25-11-14-28-27(21-25)30-24(15-16-32-31(30)33-28)8-7-23-5-3-4-6-29(23)36-2/h3-16,21H,17-20H2,1-2H3,(H,32,33)/b8-7+. The number of benzene rings is 3. The minimum atomic E-state index is 0.861. The molecule has 0 unspecified atom stereocenters. The first-order chi connectivity index (χ1) is 17.7. The molecule has 1 fully saturated rings. The number of hydrogen-bond donors (Lipinski definition) is 1. The lowest BCUT2D eigenvalue weighted by Crippen LogP contribution is -2.44. The Kier molecular flexibility index (Phi) is 5.91. The first-order valence-corrected chi connectivity index (χ1v) is 12.4. The van der Waals surface area contributed by atoms with Crippen molar-refractivity contribution < 1.29 is 4.74 Å². The third-order valence-electron chi connectivity index (χ3n) is 7.18. The fourth-order valence-electron chi connectivity index (χ4n) is 5.07. The van der Waals surface area contributed by atoms with Crippen molar-refractivity contribution in [2.75, 3.05) is 45.2 Å². The fraction of sp³-hybridized carbons (Fsp3) is 0.194. The second-order valence-corrected chi connectivity index (χ2v) is 9.42. The van der Waals surface area contributed by atoms with Crippen LogP contribution in [0.2, 0.25) is 0 Å². The minimum Gasteiger partial charge on any atom is -0.496 e. The third-order valence-corrected chi connectivity index (χ3v) is 7.18. The van der Waals surface area contributed by atoms with Crippen molar-refractivity contribution in [1.29, 1.82) is 0 Å². The molecule has 5 heteroatoms. The van der Waals surface area contributed by atoms with E-state index < -0.39 is 0 Å². The van der Waals surface area contributed by atoms with Crippen LogP contribution < -0.4 is 9.64 Å². The van der Waals surface area contributed by atoms with Gasteiger partial charge in [-0.25, -0.2) is 4.98 Å². The predicted molar refractivity (Wildman–Crippen MR) is 151 cm³/mol. The molecule has 3 heterocycles. The van der Waals surface area contributed by atoms with Crippen molar-refractivity contribution in [3.63, 3.8) is 0 Å². The molecule has 1 saturated heterocycles. The molecule has 36 heavy (non-hydrogen) atoms. The topological polar surface area (TPSA) is 44.4 Å². The Morgan fingerprint density at radius 2 is 1.58 bits per heavy atom. The third kappa shape index (κ3) is 4.23. The number of pyridine rings is 1. The van der Waals surface area contributed by atoms with Crippen LogP contribution in [0.5, 0.6) is 5.75 Å². The van der Waals surface area contributed by atoms with Gasteiger partial charge in [-0.1, -0.05) is 48.6 Å². The molecule has 0 aliphatic carbocycles. The number of aromatic amines is 1. The molecule has 180 valence electrons.